The standard InChI is InChI=1S/C19H22N2OS/c22-19(15-23-18-11-5-2-6-12-18)21-13-7-10-17(14-21)20-16-8-3-1-4-9-16/h1-6,8-9,11-12,17,20H,7,10,13-15H2/t17-/m0/s1. The Morgan fingerprint density at radius 3 is 2.52 bits per heavy atom. The highest BCUT2D eigenvalue weighted by Gasteiger charge is 2.23. The van der Waals surface area contributed by atoms with Gasteiger partial charge in [0.1, 0.15) is 0 Å². The van der Waals surface area contributed by atoms with E-state index < -0.39 is 0 Å². The van der Waals surface area contributed by atoms with Crippen LogP contribution in [-0.4, -0.2) is 35.7 Å². The molecule has 1 aliphatic heterocycles. The summed E-state index contributed by atoms with van der Waals surface area (Å²) in [5.74, 6) is 0.751. The molecule has 120 valence electrons. The molecule has 1 atom stereocenters. The van der Waals surface area contributed by atoms with Crippen molar-refractivity contribution >= 4 is 23.4 Å². The van der Waals surface area contributed by atoms with E-state index in [1.165, 1.54) is 0 Å². The summed E-state index contributed by atoms with van der Waals surface area (Å²) in [6, 6.07) is 20.7. The third-order valence-electron chi connectivity index (χ3n) is 4.02. The van der Waals surface area contributed by atoms with E-state index in [0.717, 1.165) is 36.5 Å². The van der Waals surface area contributed by atoms with Crippen molar-refractivity contribution in [2.24, 2.45) is 0 Å². The van der Waals surface area contributed by atoms with Crippen molar-refractivity contribution in [3.05, 3.63) is 60.7 Å². The molecule has 0 aromatic heterocycles. The molecular formula is C19H22N2OS. The van der Waals surface area contributed by atoms with Crippen LogP contribution in [0, 0.1) is 0 Å². The van der Waals surface area contributed by atoms with Crippen LogP contribution in [0.4, 0.5) is 5.69 Å². The van der Waals surface area contributed by atoms with Crippen molar-refractivity contribution in [2.75, 3.05) is 24.2 Å². The van der Waals surface area contributed by atoms with Gasteiger partial charge in [0.2, 0.25) is 5.91 Å². The van der Waals surface area contributed by atoms with Crippen LogP contribution in [0.5, 0.6) is 0 Å². The summed E-state index contributed by atoms with van der Waals surface area (Å²) in [5, 5.41) is 3.54. The molecule has 2 aromatic carbocycles. The summed E-state index contributed by atoms with van der Waals surface area (Å²) in [5.41, 5.74) is 1.13. The quantitative estimate of drug-likeness (QED) is 0.846. The fraction of sp³-hybridized carbons (Fsp3) is 0.316. The molecule has 1 heterocycles. The van der Waals surface area contributed by atoms with E-state index in [1.807, 2.05) is 53.4 Å². The highest BCUT2D eigenvalue weighted by atomic mass is 32.2. The van der Waals surface area contributed by atoms with Crippen molar-refractivity contribution in [1.82, 2.24) is 4.90 Å². The minimum absolute atomic E-state index is 0.235. The number of carbonyl (C=O) groups excluding carboxylic acids is 1. The molecule has 3 nitrogen and oxygen atoms in total. The maximum absolute atomic E-state index is 12.4. The Morgan fingerprint density at radius 2 is 1.78 bits per heavy atom. The number of para-hydroxylation sites is 1. The topological polar surface area (TPSA) is 32.3 Å². The number of benzene rings is 2. The predicted octanol–water partition coefficient (Wildman–Crippen LogP) is 3.88. The van der Waals surface area contributed by atoms with Gasteiger partial charge in [-0.05, 0) is 37.1 Å². The Morgan fingerprint density at radius 1 is 1.09 bits per heavy atom. The van der Waals surface area contributed by atoms with Gasteiger partial charge in [-0.25, -0.2) is 0 Å². The van der Waals surface area contributed by atoms with Gasteiger partial charge in [0, 0.05) is 29.7 Å². The Labute approximate surface area is 142 Å². The van der Waals surface area contributed by atoms with Crippen molar-refractivity contribution in [2.45, 2.75) is 23.8 Å². The Kier molecular flexibility index (Phi) is 5.59. The first-order valence-electron chi connectivity index (χ1n) is 8.08. The number of nitrogens with one attached hydrogen (secondary N) is 1. The lowest BCUT2D eigenvalue weighted by Crippen LogP contribution is -2.45. The van der Waals surface area contributed by atoms with Crippen molar-refractivity contribution in [1.29, 1.82) is 0 Å². The molecule has 0 unspecified atom stereocenters. The summed E-state index contributed by atoms with van der Waals surface area (Å²) < 4.78 is 0. The molecular weight excluding hydrogens is 304 g/mol. The second kappa shape index (κ2) is 8.06. The predicted molar refractivity (Wildman–Crippen MR) is 96.8 cm³/mol. The van der Waals surface area contributed by atoms with E-state index in [9.17, 15) is 4.79 Å². The monoisotopic (exact) mass is 326 g/mol. The molecule has 3 rings (SSSR count). The molecule has 0 saturated carbocycles. The van der Waals surface area contributed by atoms with Crippen LogP contribution < -0.4 is 5.32 Å². The van der Waals surface area contributed by atoms with Crippen LogP contribution >= 0.6 is 11.8 Å². The minimum Gasteiger partial charge on any atom is -0.381 e. The van der Waals surface area contributed by atoms with E-state index in [4.69, 9.17) is 0 Å². The molecule has 1 aliphatic rings. The van der Waals surface area contributed by atoms with Crippen LogP contribution in [0.3, 0.4) is 0 Å². The number of carbonyl (C=O) groups is 1. The molecule has 1 N–H and O–H groups in total. The number of hydrogen-bond donors (Lipinski definition) is 1. The normalized spacial score (nSPS) is 17.7. The zero-order chi connectivity index (χ0) is 15.9. The number of hydrogen-bond acceptors (Lipinski definition) is 3. The zero-order valence-corrected chi connectivity index (χ0v) is 14.0. The Hall–Kier alpha value is -1.94. The van der Waals surface area contributed by atoms with Gasteiger partial charge in [0.25, 0.3) is 0 Å². The maximum atomic E-state index is 12.4. The third-order valence-corrected chi connectivity index (χ3v) is 5.02. The average molecular weight is 326 g/mol. The second-order valence-corrected chi connectivity index (χ2v) is 6.84. The maximum Gasteiger partial charge on any atom is 0.233 e. The summed E-state index contributed by atoms with van der Waals surface area (Å²) in [4.78, 5) is 15.6. The van der Waals surface area contributed by atoms with E-state index in [0.29, 0.717) is 11.8 Å². The highest BCUT2D eigenvalue weighted by Crippen LogP contribution is 2.20. The van der Waals surface area contributed by atoms with Crippen LogP contribution in [0.15, 0.2) is 65.6 Å². The molecule has 1 saturated heterocycles. The summed E-state index contributed by atoms with van der Waals surface area (Å²) >= 11 is 1.62. The van der Waals surface area contributed by atoms with Gasteiger partial charge >= 0.3 is 0 Å². The van der Waals surface area contributed by atoms with Crippen LogP contribution in [0.1, 0.15) is 12.8 Å². The Bertz CT molecular complexity index is 618. The third kappa shape index (κ3) is 4.76. The van der Waals surface area contributed by atoms with E-state index in [2.05, 4.69) is 17.4 Å². The molecule has 4 heteroatoms. The fourth-order valence-corrected chi connectivity index (χ4v) is 3.67. The summed E-state index contributed by atoms with van der Waals surface area (Å²) in [6.45, 7) is 1.67. The van der Waals surface area contributed by atoms with Crippen molar-refractivity contribution < 1.29 is 4.79 Å². The molecule has 2 aromatic rings. The van der Waals surface area contributed by atoms with Gasteiger partial charge in [-0.15, -0.1) is 11.8 Å². The molecule has 0 radical (unpaired) electrons. The van der Waals surface area contributed by atoms with Crippen LogP contribution in [-0.2, 0) is 4.79 Å². The SMILES string of the molecule is O=C(CSc1ccccc1)N1CCC[C@H](Nc2ccccc2)C1. The van der Waals surface area contributed by atoms with E-state index >= 15 is 0 Å². The molecule has 0 spiro atoms. The molecule has 23 heavy (non-hydrogen) atoms. The molecule has 0 aliphatic carbocycles. The first kappa shape index (κ1) is 15.9. The van der Waals surface area contributed by atoms with E-state index in [1.54, 1.807) is 11.8 Å². The second-order valence-electron chi connectivity index (χ2n) is 5.79. The lowest BCUT2D eigenvalue weighted by Gasteiger charge is -2.33. The van der Waals surface area contributed by atoms with Gasteiger partial charge in [0.05, 0.1) is 5.75 Å². The first-order valence-corrected chi connectivity index (χ1v) is 9.07. The zero-order valence-electron chi connectivity index (χ0n) is 13.2. The lowest BCUT2D eigenvalue weighted by molar-refractivity contribution is -0.129. The van der Waals surface area contributed by atoms with Crippen molar-refractivity contribution in [3.63, 3.8) is 0 Å². The summed E-state index contributed by atoms with van der Waals surface area (Å²) in [6.07, 6.45) is 2.18. The number of thioether (sulfide) groups is 1. The van der Waals surface area contributed by atoms with Gasteiger partial charge in [-0.2, -0.15) is 0 Å². The Balaban J connectivity index is 1.50. The van der Waals surface area contributed by atoms with Crippen LogP contribution in [0.2, 0.25) is 0 Å². The van der Waals surface area contributed by atoms with E-state index in [-0.39, 0.29) is 5.91 Å². The van der Waals surface area contributed by atoms with Gasteiger partial charge < -0.3 is 10.2 Å². The number of nitrogens with zero attached hydrogens (tertiary/aromatic N) is 1. The molecule has 1 amide bonds. The minimum atomic E-state index is 0.235. The highest BCUT2D eigenvalue weighted by molar-refractivity contribution is 8.00. The average Bonchev–Trinajstić information content (AvgIpc) is 2.62. The number of anilines is 1. The van der Waals surface area contributed by atoms with Crippen LogP contribution in [0.25, 0.3) is 0 Å². The summed E-state index contributed by atoms with van der Waals surface area (Å²) in [7, 11) is 0. The molecule has 1 fully saturated rings. The number of amides is 1. The fourth-order valence-electron chi connectivity index (χ4n) is 2.84. The number of rotatable bonds is 5. The largest absolute Gasteiger partial charge is 0.381 e. The molecule has 0 bridgehead atoms. The van der Waals surface area contributed by atoms with Gasteiger partial charge in [0.15, 0.2) is 0 Å². The van der Waals surface area contributed by atoms with Gasteiger partial charge in [-0.3, -0.25) is 4.79 Å². The van der Waals surface area contributed by atoms with Gasteiger partial charge in [-0.1, -0.05) is 36.4 Å². The van der Waals surface area contributed by atoms with Crippen molar-refractivity contribution in [3.8, 4) is 0 Å². The smallest absolute Gasteiger partial charge is 0.233 e. The number of piperidine rings is 1. The number of likely N-dealkylation sites (tertiary alicyclic amines) is 1. The lowest BCUT2D eigenvalue weighted by atomic mass is 10.1. The first-order chi connectivity index (χ1) is 11.3.